The van der Waals surface area contributed by atoms with Crippen LogP contribution in [0.3, 0.4) is 0 Å². The fourth-order valence-electron chi connectivity index (χ4n) is 3.59. The highest BCUT2D eigenvalue weighted by molar-refractivity contribution is 5.94. The van der Waals surface area contributed by atoms with Crippen molar-refractivity contribution < 1.29 is 14.6 Å². The van der Waals surface area contributed by atoms with E-state index in [1.54, 1.807) is 25.4 Å². The molecule has 1 atom stereocenters. The molecule has 126 valence electrons. The molecule has 3 heterocycles. The van der Waals surface area contributed by atoms with Crippen molar-refractivity contribution >= 4 is 5.91 Å². The number of hydrogen-bond acceptors (Lipinski definition) is 5. The molecule has 2 fully saturated rings. The van der Waals surface area contributed by atoms with Crippen molar-refractivity contribution in [2.24, 2.45) is 0 Å². The number of nitrogens with zero attached hydrogens (tertiary/aromatic N) is 3. The molecule has 1 aromatic heterocycles. The van der Waals surface area contributed by atoms with Gasteiger partial charge in [0.1, 0.15) is 0 Å². The van der Waals surface area contributed by atoms with E-state index in [2.05, 4.69) is 9.88 Å². The molecule has 2 saturated heterocycles. The average molecular weight is 319 g/mol. The van der Waals surface area contributed by atoms with Gasteiger partial charge in [0.15, 0.2) is 0 Å². The predicted octanol–water partition coefficient (Wildman–Crippen LogP) is 1.15. The normalized spacial score (nSPS) is 23.7. The Kier molecular flexibility index (Phi) is 5.13. The average Bonchev–Trinajstić information content (AvgIpc) is 2.61. The number of methoxy groups -OCH3 is 1. The number of aliphatic hydroxyl groups excluding tert-OH is 1. The number of ether oxygens (including phenoxy) is 1. The van der Waals surface area contributed by atoms with Gasteiger partial charge in [0.05, 0.1) is 13.2 Å². The Bertz CT molecular complexity index is 544. The van der Waals surface area contributed by atoms with E-state index in [1.165, 1.54) is 0 Å². The Balaban J connectivity index is 1.56. The number of β-amino-alcohol motifs (C(OH)–C–C–N with tert-alkyl or cyclic N) is 1. The molecular weight excluding hydrogens is 294 g/mol. The SMILES string of the molecule is COc1cc(C(=O)N2CCC(N3CCC[C@H](O)C3)CC2)ccn1. The molecule has 0 radical (unpaired) electrons. The minimum Gasteiger partial charge on any atom is -0.481 e. The van der Waals surface area contributed by atoms with E-state index in [0.29, 0.717) is 17.5 Å². The van der Waals surface area contributed by atoms with E-state index in [4.69, 9.17) is 4.74 Å². The lowest BCUT2D eigenvalue weighted by Crippen LogP contribution is -2.50. The lowest BCUT2D eigenvalue weighted by Gasteiger charge is -2.41. The van der Waals surface area contributed by atoms with Gasteiger partial charge in [0, 0.05) is 43.5 Å². The van der Waals surface area contributed by atoms with Crippen molar-refractivity contribution in [3.8, 4) is 5.88 Å². The summed E-state index contributed by atoms with van der Waals surface area (Å²) in [7, 11) is 1.55. The van der Waals surface area contributed by atoms with Crippen LogP contribution in [-0.2, 0) is 0 Å². The number of likely N-dealkylation sites (tertiary alicyclic amines) is 2. The second-order valence-electron chi connectivity index (χ2n) is 6.40. The maximum Gasteiger partial charge on any atom is 0.254 e. The lowest BCUT2D eigenvalue weighted by atomic mass is 9.98. The fraction of sp³-hybridized carbons (Fsp3) is 0.647. The number of hydrogen-bond donors (Lipinski definition) is 1. The molecule has 1 aromatic rings. The molecule has 2 aliphatic heterocycles. The van der Waals surface area contributed by atoms with Gasteiger partial charge in [-0.15, -0.1) is 0 Å². The molecule has 6 heteroatoms. The number of pyridine rings is 1. The van der Waals surface area contributed by atoms with Gasteiger partial charge in [-0.1, -0.05) is 0 Å². The van der Waals surface area contributed by atoms with E-state index in [1.807, 2.05) is 4.90 Å². The molecule has 0 aromatic carbocycles. The third-order valence-electron chi connectivity index (χ3n) is 4.89. The Hall–Kier alpha value is -1.66. The minimum atomic E-state index is -0.187. The zero-order valence-corrected chi connectivity index (χ0v) is 13.6. The van der Waals surface area contributed by atoms with Crippen LogP contribution < -0.4 is 4.74 Å². The maximum atomic E-state index is 12.6. The number of carbonyl (C=O) groups is 1. The number of piperidine rings is 2. The monoisotopic (exact) mass is 319 g/mol. The van der Waals surface area contributed by atoms with Gasteiger partial charge in [0.2, 0.25) is 5.88 Å². The molecule has 3 rings (SSSR count). The van der Waals surface area contributed by atoms with Crippen molar-refractivity contribution in [1.82, 2.24) is 14.8 Å². The number of rotatable bonds is 3. The zero-order chi connectivity index (χ0) is 16.2. The van der Waals surface area contributed by atoms with Gasteiger partial charge in [-0.05, 0) is 38.3 Å². The summed E-state index contributed by atoms with van der Waals surface area (Å²) in [5.41, 5.74) is 0.628. The first-order valence-electron chi connectivity index (χ1n) is 8.39. The van der Waals surface area contributed by atoms with E-state index in [-0.39, 0.29) is 12.0 Å². The molecule has 2 aliphatic rings. The standard InChI is InChI=1S/C17H25N3O3/c1-23-16-11-13(4-7-18-16)17(22)19-9-5-14(6-10-19)20-8-2-3-15(21)12-20/h4,7,11,14-15,21H,2-3,5-6,8-10,12H2,1H3/t15-/m0/s1. The molecule has 23 heavy (non-hydrogen) atoms. The van der Waals surface area contributed by atoms with Gasteiger partial charge in [-0.25, -0.2) is 4.98 Å². The summed E-state index contributed by atoms with van der Waals surface area (Å²) < 4.78 is 5.09. The van der Waals surface area contributed by atoms with Gasteiger partial charge in [-0.2, -0.15) is 0 Å². The van der Waals surface area contributed by atoms with Crippen LogP contribution in [0.15, 0.2) is 18.3 Å². The van der Waals surface area contributed by atoms with Crippen molar-refractivity contribution in [2.75, 3.05) is 33.3 Å². The molecule has 6 nitrogen and oxygen atoms in total. The fourth-order valence-corrected chi connectivity index (χ4v) is 3.59. The van der Waals surface area contributed by atoms with Crippen LogP contribution in [0.1, 0.15) is 36.0 Å². The zero-order valence-electron chi connectivity index (χ0n) is 13.6. The topological polar surface area (TPSA) is 65.9 Å². The lowest BCUT2D eigenvalue weighted by molar-refractivity contribution is 0.0240. The summed E-state index contributed by atoms with van der Waals surface area (Å²) >= 11 is 0. The summed E-state index contributed by atoms with van der Waals surface area (Å²) in [6.45, 7) is 3.37. The van der Waals surface area contributed by atoms with Crippen LogP contribution >= 0.6 is 0 Å². The number of amides is 1. The minimum absolute atomic E-state index is 0.0443. The number of aliphatic hydroxyl groups is 1. The Morgan fingerprint density at radius 2 is 2.09 bits per heavy atom. The summed E-state index contributed by atoms with van der Waals surface area (Å²) in [6, 6.07) is 3.91. The smallest absolute Gasteiger partial charge is 0.254 e. The van der Waals surface area contributed by atoms with Crippen LogP contribution in [0.5, 0.6) is 5.88 Å². The molecule has 1 amide bonds. The third kappa shape index (κ3) is 3.82. The Morgan fingerprint density at radius 3 is 2.78 bits per heavy atom. The van der Waals surface area contributed by atoms with Crippen molar-refractivity contribution in [2.45, 2.75) is 37.8 Å². The van der Waals surface area contributed by atoms with Gasteiger partial charge < -0.3 is 14.7 Å². The largest absolute Gasteiger partial charge is 0.481 e. The van der Waals surface area contributed by atoms with E-state index in [9.17, 15) is 9.90 Å². The number of aromatic nitrogens is 1. The van der Waals surface area contributed by atoms with Gasteiger partial charge in [-0.3, -0.25) is 9.69 Å². The van der Waals surface area contributed by atoms with Crippen LogP contribution in [0.4, 0.5) is 0 Å². The van der Waals surface area contributed by atoms with Gasteiger partial charge >= 0.3 is 0 Å². The number of carbonyl (C=O) groups excluding carboxylic acids is 1. The van der Waals surface area contributed by atoms with E-state index < -0.39 is 0 Å². The predicted molar refractivity (Wildman–Crippen MR) is 86.5 cm³/mol. The first-order chi connectivity index (χ1) is 11.2. The highest BCUT2D eigenvalue weighted by Crippen LogP contribution is 2.22. The van der Waals surface area contributed by atoms with E-state index in [0.717, 1.165) is 51.9 Å². The quantitative estimate of drug-likeness (QED) is 0.905. The highest BCUT2D eigenvalue weighted by atomic mass is 16.5. The Labute approximate surface area is 137 Å². The molecule has 0 bridgehead atoms. The van der Waals surface area contributed by atoms with Crippen LogP contribution in [-0.4, -0.2) is 71.2 Å². The third-order valence-corrected chi connectivity index (χ3v) is 4.89. The summed E-state index contributed by atoms with van der Waals surface area (Å²) in [5.74, 6) is 0.510. The molecule has 1 N–H and O–H groups in total. The van der Waals surface area contributed by atoms with Crippen LogP contribution in [0, 0.1) is 0 Å². The Morgan fingerprint density at radius 1 is 1.30 bits per heavy atom. The molecule has 0 spiro atoms. The van der Waals surface area contributed by atoms with E-state index >= 15 is 0 Å². The highest BCUT2D eigenvalue weighted by Gasteiger charge is 2.30. The van der Waals surface area contributed by atoms with Crippen molar-refractivity contribution in [1.29, 1.82) is 0 Å². The maximum absolute atomic E-state index is 12.6. The second kappa shape index (κ2) is 7.27. The van der Waals surface area contributed by atoms with Crippen molar-refractivity contribution in [3.63, 3.8) is 0 Å². The summed E-state index contributed by atoms with van der Waals surface area (Å²) in [6.07, 6.45) is 5.34. The first-order valence-corrected chi connectivity index (χ1v) is 8.39. The molecular formula is C17H25N3O3. The van der Waals surface area contributed by atoms with Gasteiger partial charge in [0.25, 0.3) is 5.91 Å². The summed E-state index contributed by atoms with van der Waals surface area (Å²) in [4.78, 5) is 20.9. The molecule has 0 aliphatic carbocycles. The van der Waals surface area contributed by atoms with Crippen LogP contribution in [0.2, 0.25) is 0 Å². The molecule has 0 unspecified atom stereocenters. The van der Waals surface area contributed by atoms with Crippen molar-refractivity contribution in [3.05, 3.63) is 23.9 Å². The van der Waals surface area contributed by atoms with Crippen LogP contribution in [0.25, 0.3) is 0 Å². The summed E-state index contributed by atoms with van der Waals surface area (Å²) in [5, 5.41) is 9.82. The first kappa shape index (κ1) is 16.2. The second-order valence-corrected chi connectivity index (χ2v) is 6.40. The molecule has 0 saturated carbocycles.